The molecule has 2 atom stereocenters. The van der Waals surface area contributed by atoms with Gasteiger partial charge in [0.05, 0.1) is 11.9 Å². The van der Waals surface area contributed by atoms with E-state index in [1.54, 1.807) is 18.5 Å². The van der Waals surface area contributed by atoms with E-state index in [2.05, 4.69) is 15.0 Å². The van der Waals surface area contributed by atoms with Crippen molar-refractivity contribution in [3.63, 3.8) is 0 Å². The maximum atomic E-state index is 12.2. The Kier molecular flexibility index (Phi) is 4.42. The van der Waals surface area contributed by atoms with Crippen LogP contribution in [0.25, 0.3) is 0 Å². The van der Waals surface area contributed by atoms with Crippen molar-refractivity contribution in [3.8, 4) is 0 Å². The first-order valence-electron chi connectivity index (χ1n) is 7.39. The monoisotopic (exact) mass is 325 g/mol. The predicted molar refractivity (Wildman–Crippen MR) is 80.9 cm³/mol. The molecule has 2 N–H and O–H groups in total. The number of hydrogen-bond donors (Lipinski definition) is 2. The number of rotatable bonds is 5. The second-order valence-corrected chi connectivity index (χ2v) is 7.51. The van der Waals surface area contributed by atoms with Crippen LogP contribution in [0.2, 0.25) is 0 Å². The van der Waals surface area contributed by atoms with Gasteiger partial charge in [-0.25, -0.2) is 13.1 Å². The van der Waals surface area contributed by atoms with E-state index in [-0.39, 0.29) is 17.8 Å². The van der Waals surface area contributed by atoms with E-state index in [0.29, 0.717) is 25.1 Å². The van der Waals surface area contributed by atoms with Crippen LogP contribution in [-0.4, -0.2) is 43.8 Å². The summed E-state index contributed by atoms with van der Waals surface area (Å²) in [6.07, 6.45) is 5.90. The van der Waals surface area contributed by atoms with E-state index < -0.39 is 16.1 Å². The van der Waals surface area contributed by atoms with Crippen LogP contribution in [0.15, 0.2) is 18.5 Å². The van der Waals surface area contributed by atoms with Crippen LogP contribution in [0.3, 0.4) is 0 Å². The molecular formula is C14H19N3O4S. The van der Waals surface area contributed by atoms with Crippen LogP contribution >= 0.6 is 0 Å². The molecule has 3 rings (SSSR count). The Balaban J connectivity index is 1.61. The van der Waals surface area contributed by atoms with Gasteiger partial charge in [-0.15, -0.1) is 0 Å². The summed E-state index contributed by atoms with van der Waals surface area (Å²) in [6.45, 7) is 0.701. The molecule has 0 aromatic carbocycles. The molecule has 2 aliphatic rings. The van der Waals surface area contributed by atoms with Crippen molar-refractivity contribution >= 4 is 21.6 Å². The van der Waals surface area contributed by atoms with Crippen molar-refractivity contribution in [1.29, 1.82) is 0 Å². The zero-order chi connectivity index (χ0) is 15.6. The van der Waals surface area contributed by atoms with Crippen molar-refractivity contribution in [2.24, 2.45) is 0 Å². The number of amides is 1. The average molecular weight is 325 g/mol. The zero-order valence-electron chi connectivity index (χ0n) is 12.1. The molecule has 8 heteroatoms. The van der Waals surface area contributed by atoms with E-state index in [4.69, 9.17) is 4.74 Å². The van der Waals surface area contributed by atoms with Gasteiger partial charge in [0.15, 0.2) is 0 Å². The lowest BCUT2D eigenvalue weighted by molar-refractivity contribution is -0.118. The molecule has 1 aromatic heterocycles. The fourth-order valence-corrected chi connectivity index (χ4v) is 4.09. The molecule has 1 aromatic rings. The third-order valence-electron chi connectivity index (χ3n) is 3.96. The van der Waals surface area contributed by atoms with Gasteiger partial charge in [0.1, 0.15) is 6.04 Å². The lowest BCUT2D eigenvalue weighted by Crippen LogP contribution is -2.48. The van der Waals surface area contributed by atoms with Gasteiger partial charge in [-0.2, -0.15) is 0 Å². The Morgan fingerprint density at radius 3 is 3.09 bits per heavy atom. The van der Waals surface area contributed by atoms with Crippen LogP contribution in [-0.2, 0) is 26.0 Å². The first-order chi connectivity index (χ1) is 10.5. The first kappa shape index (κ1) is 15.4. The van der Waals surface area contributed by atoms with Gasteiger partial charge in [0.2, 0.25) is 15.9 Å². The molecule has 0 saturated carbocycles. The molecule has 0 aliphatic carbocycles. The van der Waals surface area contributed by atoms with Gasteiger partial charge in [-0.3, -0.25) is 9.78 Å². The van der Waals surface area contributed by atoms with E-state index in [1.807, 2.05) is 0 Å². The largest absolute Gasteiger partial charge is 0.378 e. The number of aromatic nitrogens is 1. The number of carbonyl (C=O) groups is 1. The van der Waals surface area contributed by atoms with Crippen LogP contribution < -0.4 is 10.0 Å². The van der Waals surface area contributed by atoms with Gasteiger partial charge < -0.3 is 10.1 Å². The van der Waals surface area contributed by atoms with E-state index in [0.717, 1.165) is 18.4 Å². The normalized spacial score (nSPS) is 24.8. The van der Waals surface area contributed by atoms with Crippen LogP contribution in [0.1, 0.15) is 24.8 Å². The summed E-state index contributed by atoms with van der Waals surface area (Å²) in [5.41, 5.74) is 1.52. The molecule has 120 valence electrons. The highest BCUT2D eigenvalue weighted by Gasteiger charge is 2.30. The fourth-order valence-electron chi connectivity index (χ4n) is 2.77. The second-order valence-electron chi connectivity index (χ2n) is 5.64. The number of nitrogens with zero attached hydrogens (tertiary/aromatic N) is 1. The van der Waals surface area contributed by atoms with Crippen LogP contribution in [0, 0.1) is 0 Å². The maximum Gasteiger partial charge on any atom is 0.242 e. The molecular weight excluding hydrogens is 306 g/mol. The van der Waals surface area contributed by atoms with E-state index in [1.165, 1.54) is 0 Å². The van der Waals surface area contributed by atoms with Gasteiger partial charge in [-0.1, -0.05) is 0 Å². The molecule has 0 bridgehead atoms. The average Bonchev–Trinajstić information content (AvgIpc) is 2.99. The zero-order valence-corrected chi connectivity index (χ0v) is 12.9. The Bertz CT molecular complexity index is 656. The third kappa shape index (κ3) is 3.63. The highest BCUT2D eigenvalue weighted by Crippen LogP contribution is 2.21. The minimum absolute atomic E-state index is 0.0154. The number of hydrogen-bond acceptors (Lipinski definition) is 5. The molecule has 1 amide bonds. The van der Waals surface area contributed by atoms with Gasteiger partial charge in [0, 0.05) is 31.1 Å². The Labute approximate surface area is 129 Å². The maximum absolute atomic E-state index is 12.2. The van der Waals surface area contributed by atoms with Crippen LogP contribution in [0.4, 0.5) is 5.69 Å². The van der Waals surface area contributed by atoms with Crippen molar-refractivity contribution in [2.45, 2.75) is 37.8 Å². The highest BCUT2D eigenvalue weighted by atomic mass is 32.2. The number of anilines is 1. The molecule has 2 unspecified atom stereocenters. The molecule has 2 aliphatic heterocycles. The lowest BCUT2D eigenvalue weighted by Gasteiger charge is -2.25. The van der Waals surface area contributed by atoms with Crippen molar-refractivity contribution in [2.75, 3.05) is 17.7 Å². The highest BCUT2D eigenvalue weighted by molar-refractivity contribution is 7.89. The van der Waals surface area contributed by atoms with E-state index >= 15 is 0 Å². The molecule has 1 saturated heterocycles. The molecule has 3 heterocycles. The minimum Gasteiger partial charge on any atom is -0.378 e. The summed E-state index contributed by atoms with van der Waals surface area (Å²) < 4.78 is 32.2. The number of fused-ring (bicyclic) bond motifs is 1. The Hall–Kier alpha value is -1.51. The first-order valence-corrected chi connectivity index (χ1v) is 9.04. The van der Waals surface area contributed by atoms with E-state index in [9.17, 15) is 13.2 Å². The number of sulfonamides is 1. The SMILES string of the molecule is O=C1Nc2ccncc2CC1NS(=O)(=O)CCC1CCCO1. The number of ether oxygens (including phenoxy) is 1. The third-order valence-corrected chi connectivity index (χ3v) is 5.37. The summed E-state index contributed by atoms with van der Waals surface area (Å²) in [5, 5.41) is 2.70. The minimum atomic E-state index is -3.52. The topological polar surface area (TPSA) is 97.4 Å². The van der Waals surface area contributed by atoms with Crippen molar-refractivity contribution in [1.82, 2.24) is 9.71 Å². The predicted octanol–water partition coefficient (Wildman–Crippen LogP) is 0.433. The molecule has 0 spiro atoms. The van der Waals surface area contributed by atoms with Gasteiger partial charge >= 0.3 is 0 Å². The smallest absolute Gasteiger partial charge is 0.242 e. The molecule has 0 radical (unpaired) electrons. The van der Waals surface area contributed by atoms with Crippen molar-refractivity contribution in [3.05, 3.63) is 24.0 Å². The number of nitrogens with one attached hydrogen (secondary N) is 2. The molecule has 1 fully saturated rings. The lowest BCUT2D eigenvalue weighted by atomic mass is 10.0. The summed E-state index contributed by atoms with van der Waals surface area (Å²) in [7, 11) is -3.52. The molecule has 7 nitrogen and oxygen atoms in total. The van der Waals surface area contributed by atoms with Gasteiger partial charge in [0.25, 0.3) is 0 Å². The van der Waals surface area contributed by atoms with Crippen LogP contribution in [0.5, 0.6) is 0 Å². The van der Waals surface area contributed by atoms with Crippen molar-refractivity contribution < 1.29 is 17.9 Å². The molecule has 22 heavy (non-hydrogen) atoms. The van der Waals surface area contributed by atoms with Gasteiger partial charge in [-0.05, 0) is 30.9 Å². The Morgan fingerprint density at radius 1 is 1.45 bits per heavy atom. The fraction of sp³-hybridized carbons (Fsp3) is 0.571. The number of pyridine rings is 1. The summed E-state index contributed by atoms with van der Waals surface area (Å²) in [4.78, 5) is 16.0. The quantitative estimate of drug-likeness (QED) is 0.818. The number of carbonyl (C=O) groups excluding carboxylic acids is 1. The summed E-state index contributed by atoms with van der Waals surface area (Å²) in [5.74, 6) is -0.360. The standard InChI is InChI=1S/C14H19N3O4S/c18-14-13(8-10-9-15-5-3-12(10)16-14)17-22(19,20)7-4-11-2-1-6-21-11/h3,5,9,11,13,17H,1-2,4,6-8H2,(H,16,18). The summed E-state index contributed by atoms with van der Waals surface area (Å²) >= 11 is 0. The summed E-state index contributed by atoms with van der Waals surface area (Å²) in [6, 6.07) is 0.918. The second kappa shape index (κ2) is 6.31. The Morgan fingerprint density at radius 2 is 2.32 bits per heavy atom.